The highest BCUT2D eigenvalue weighted by atomic mass is 79.9. The van der Waals surface area contributed by atoms with E-state index in [0.717, 1.165) is 33.5 Å². The summed E-state index contributed by atoms with van der Waals surface area (Å²) in [7, 11) is 1.65. The number of methoxy groups -OCH3 is 1. The highest BCUT2D eigenvalue weighted by molar-refractivity contribution is 8.93. The maximum Gasteiger partial charge on any atom is 0.212 e. The number of ether oxygens (including phenoxy) is 1. The Morgan fingerprint density at radius 3 is 2.36 bits per heavy atom. The molecule has 4 rings (SSSR count). The van der Waals surface area contributed by atoms with E-state index >= 15 is 0 Å². The van der Waals surface area contributed by atoms with Crippen LogP contribution in [-0.4, -0.2) is 33.4 Å². The van der Waals surface area contributed by atoms with E-state index in [4.69, 9.17) is 21.4 Å². The third-order valence-electron chi connectivity index (χ3n) is 3.70. The van der Waals surface area contributed by atoms with Crippen molar-refractivity contribution in [2.45, 2.75) is 5.16 Å². The molecular weight excluding hydrogens is 424 g/mol. The molecule has 5 nitrogen and oxygen atoms in total. The van der Waals surface area contributed by atoms with E-state index in [0.29, 0.717) is 10.8 Å². The molecule has 3 aromatic rings. The highest BCUT2D eigenvalue weighted by Gasteiger charge is 2.20. The lowest BCUT2D eigenvalue weighted by Crippen LogP contribution is -2.13. The van der Waals surface area contributed by atoms with E-state index in [9.17, 15) is 0 Å². The van der Waals surface area contributed by atoms with E-state index < -0.39 is 0 Å². The van der Waals surface area contributed by atoms with E-state index in [1.807, 2.05) is 48.5 Å². The fourth-order valence-electron chi connectivity index (χ4n) is 2.43. The Kier molecular flexibility index (Phi) is 5.46. The van der Waals surface area contributed by atoms with Gasteiger partial charge in [-0.2, -0.15) is 9.78 Å². The second-order valence-electron chi connectivity index (χ2n) is 5.19. The Hall–Kier alpha value is -1.83. The molecule has 0 atom stereocenters. The summed E-state index contributed by atoms with van der Waals surface area (Å²) in [5, 5.41) is 14.8. The summed E-state index contributed by atoms with van der Waals surface area (Å²) >= 11 is 7.58. The highest BCUT2D eigenvalue weighted by Crippen LogP contribution is 2.29. The van der Waals surface area contributed by atoms with Crippen LogP contribution < -0.4 is 4.74 Å². The smallest absolute Gasteiger partial charge is 0.212 e. The minimum absolute atomic E-state index is 0. The summed E-state index contributed by atoms with van der Waals surface area (Å²) in [6.07, 6.45) is 0. The third kappa shape index (κ3) is 3.58. The fraction of sp³-hybridized carbons (Fsp3) is 0.118. The van der Waals surface area contributed by atoms with Crippen LogP contribution in [0.4, 0.5) is 0 Å². The maximum absolute atomic E-state index is 5.96. The first-order valence-corrected chi connectivity index (χ1v) is 8.67. The summed E-state index contributed by atoms with van der Waals surface area (Å²) in [4.78, 5) is 0. The van der Waals surface area contributed by atoms with Gasteiger partial charge in [-0.25, -0.2) is 0 Å². The minimum atomic E-state index is 0. The van der Waals surface area contributed by atoms with Gasteiger partial charge in [0.05, 0.1) is 12.8 Å². The topological polar surface area (TPSA) is 52.3 Å². The molecule has 0 radical (unpaired) electrons. The molecule has 2 aromatic carbocycles. The number of hydrogen-bond acceptors (Lipinski definition) is 5. The van der Waals surface area contributed by atoms with Gasteiger partial charge in [-0.1, -0.05) is 35.5 Å². The van der Waals surface area contributed by atoms with Crippen molar-refractivity contribution in [2.75, 3.05) is 12.9 Å². The zero-order valence-corrected chi connectivity index (χ0v) is 16.5. The van der Waals surface area contributed by atoms with Crippen LogP contribution in [0, 0.1) is 0 Å². The van der Waals surface area contributed by atoms with Gasteiger partial charge in [-0.05, 0) is 42.0 Å². The van der Waals surface area contributed by atoms with Crippen LogP contribution in [0.2, 0.25) is 5.02 Å². The molecule has 0 fully saturated rings. The monoisotopic (exact) mass is 436 g/mol. The number of thioether (sulfide) groups is 1. The van der Waals surface area contributed by atoms with Gasteiger partial charge in [-0.15, -0.1) is 27.2 Å². The lowest BCUT2D eigenvalue weighted by Gasteiger charge is -2.14. The average Bonchev–Trinajstić information content (AvgIpc) is 3.05. The molecule has 0 amide bonds. The Balaban J connectivity index is 0.00000182. The van der Waals surface area contributed by atoms with Crippen LogP contribution in [0.3, 0.4) is 0 Å². The van der Waals surface area contributed by atoms with Gasteiger partial charge in [-0.3, -0.25) is 0 Å². The molecule has 0 N–H and O–H groups in total. The van der Waals surface area contributed by atoms with Crippen LogP contribution in [0.1, 0.15) is 5.56 Å². The van der Waals surface area contributed by atoms with Gasteiger partial charge >= 0.3 is 0 Å². The van der Waals surface area contributed by atoms with E-state index in [1.165, 1.54) is 0 Å². The summed E-state index contributed by atoms with van der Waals surface area (Å²) < 4.78 is 6.99. The van der Waals surface area contributed by atoms with Gasteiger partial charge in [0, 0.05) is 16.3 Å². The first kappa shape index (κ1) is 18.0. The van der Waals surface area contributed by atoms with Crippen molar-refractivity contribution in [3.05, 3.63) is 59.1 Å². The van der Waals surface area contributed by atoms with Crippen molar-refractivity contribution in [3.63, 3.8) is 0 Å². The van der Waals surface area contributed by atoms with Crippen LogP contribution in [-0.2, 0) is 0 Å². The van der Waals surface area contributed by atoms with E-state index in [1.54, 1.807) is 23.5 Å². The molecule has 1 aromatic heterocycles. The predicted octanol–water partition coefficient (Wildman–Crippen LogP) is 4.54. The molecule has 128 valence electrons. The second kappa shape index (κ2) is 7.59. The molecule has 2 heterocycles. The number of nitrogens with zero attached hydrogens (tertiary/aromatic N) is 4. The number of rotatable bonds is 3. The average molecular weight is 438 g/mol. The standard InChI is InChI=1S/C17H13ClN4OS.BrH/c1-23-14-8-4-12(5-9-14)16-19-20-17-22(16)21-15(10-24-17)11-2-6-13(18)7-3-11;/h2-9H,10H2,1H3;1H. The molecule has 1 aliphatic heterocycles. The molecule has 1 aliphatic rings. The largest absolute Gasteiger partial charge is 0.497 e. The van der Waals surface area contributed by atoms with E-state index in [2.05, 4.69) is 10.2 Å². The molecule has 0 unspecified atom stereocenters. The van der Waals surface area contributed by atoms with Crippen molar-refractivity contribution in [2.24, 2.45) is 5.10 Å². The molecule has 0 saturated carbocycles. The van der Waals surface area contributed by atoms with Crippen LogP contribution in [0.15, 0.2) is 58.8 Å². The van der Waals surface area contributed by atoms with Crippen LogP contribution >= 0.6 is 40.3 Å². The molecule has 0 bridgehead atoms. The van der Waals surface area contributed by atoms with Gasteiger partial charge in [0.1, 0.15) is 5.75 Å². The number of hydrogen-bond donors (Lipinski definition) is 0. The van der Waals surface area contributed by atoms with Gasteiger partial charge in [0.15, 0.2) is 5.82 Å². The SMILES string of the molecule is Br.COc1ccc(-c2nnc3n2N=C(c2ccc(Cl)cc2)CS3)cc1. The number of benzene rings is 2. The number of aromatic nitrogens is 3. The summed E-state index contributed by atoms with van der Waals surface area (Å²) in [5.74, 6) is 2.27. The zero-order chi connectivity index (χ0) is 16.5. The number of halogens is 2. The van der Waals surface area contributed by atoms with Crippen molar-refractivity contribution in [1.29, 1.82) is 0 Å². The Labute approximate surface area is 164 Å². The molecule has 0 aliphatic carbocycles. The van der Waals surface area contributed by atoms with E-state index in [-0.39, 0.29) is 17.0 Å². The predicted molar refractivity (Wildman–Crippen MR) is 106 cm³/mol. The summed E-state index contributed by atoms with van der Waals surface area (Å²) in [5.41, 5.74) is 2.96. The van der Waals surface area contributed by atoms with Crippen molar-refractivity contribution < 1.29 is 4.74 Å². The Bertz CT molecular complexity index is 909. The second-order valence-corrected chi connectivity index (χ2v) is 6.57. The quantitative estimate of drug-likeness (QED) is 0.603. The Morgan fingerprint density at radius 1 is 1.00 bits per heavy atom. The molecule has 25 heavy (non-hydrogen) atoms. The third-order valence-corrected chi connectivity index (χ3v) is 4.88. The number of fused-ring (bicyclic) bond motifs is 1. The normalized spacial score (nSPS) is 12.8. The lowest BCUT2D eigenvalue weighted by atomic mass is 10.1. The molecular formula is C17H14BrClN4OS. The molecule has 0 spiro atoms. The van der Waals surface area contributed by atoms with Gasteiger partial charge in [0.2, 0.25) is 5.16 Å². The van der Waals surface area contributed by atoms with Crippen molar-refractivity contribution >= 4 is 46.1 Å². The summed E-state index contributed by atoms with van der Waals surface area (Å²) in [6.45, 7) is 0. The van der Waals surface area contributed by atoms with Gasteiger partial charge < -0.3 is 4.74 Å². The molecule has 8 heteroatoms. The zero-order valence-electron chi connectivity index (χ0n) is 13.2. The maximum atomic E-state index is 5.96. The van der Waals surface area contributed by atoms with Gasteiger partial charge in [0.25, 0.3) is 0 Å². The van der Waals surface area contributed by atoms with Crippen molar-refractivity contribution in [1.82, 2.24) is 14.9 Å². The van der Waals surface area contributed by atoms with Crippen LogP contribution in [0.5, 0.6) is 5.75 Å². The minimum Gasteiger partial charge on any atom is -0.497 e. The Morgan fingerprint density at radius 2 is 1.68 bits per heavy atom. The molecule has 0 saturated heterocycles. The lowest BCUT2D eigenvalue weighted by molar-refractivity contribution is 0.415. The first-order chi connectivity index (χ1) is 11.7. The van der Waals surface area contributed by atoms with Crippen LogP contribution in [0.25, 0.3) is 11.4 Å². The fourth-order valence-corrected chi connectivity index (χ4v) is 3.40. The first-order valence-electron chi connectivity index (χ1n) is 7.31. The summed E-state index contributed by atoms with van der Waals surface area (Å²) in [6, 6.07) is 15.4. The van der Waals surface area contributed by atoms with Crippen molar-refractivity contribution in [3.8, 4) is 17.1 Å².